The molecular formula is C22H24N2O3. The highest BCUT2D eigenvalue weighted by molar-refractivity contribution is 6.06. The molecule has 3 aromatic rings. The van der Waals surface area contributed by atoms with Crippen molar-refractivity contribution < 1.29 is 14.0 Å². The Balaban J connectivity index is 1.69. The van der Waals surface area contributed by atoms with Gasteiger partial charge in [0.15, 0.2) is 5.76 Å². The van der Waals surface area contributed by atoms with Crippen molar-refractivity contribution in [3.63, 3.8) is 0 Å². The van der Waals surface area contributed by atoms with Crippen molar-refractivity contribution in [2.45, 2.75) is 27.2 Å². The van der Waals surface area contributed by atoms with Crippen LogP contribution in [0.1, 0.15) is 35.5 Å². The summed E-state index contributed by atoms with van der Waals surface area (Å²) in [6.45, 7) is 7.24. The molecule has 0 fully saturated rings. The van der Waals surface area contributed by atoms with Crippen LogP contribution in [0.25, 0.3) is 11.0 Å². The van der Waals surface area contributed by atoms with Crippen molar-refractivity contribution >= 4 is 28.5 Å². The molecule has 27 heavy (non-hydrogen) atoms. The van der Waals surface area contributed by atoms with E-state index in [-0.39, 0.29) is 11.8 Å². The third-order valence-electron chi connectivity index (χ3n) is 4.73. The SMILES string of the molecule is CCN(CC)C(=O)Cc1ccc(NC(=O)c2oc3ccccc3c2C)cc1. The van der Waals surface area contributed by atoms with E-state index < -0.39 is 0 Å². The number of benzene rings is 2. The quantitative estimate of drug-likeness (QED) is 0.705. The zero-order chi connectivity index (χ0) is 19.4. The van der Waals surface area contributed by atoms with Crippen LogP contribution in [-0.2, 0) is 11.2 Å². The van der Waals surface area contributed by atoms with Crippen molar-refractivity contribution in [3.8, 4) is 0 Å². The molecule has 0 aliphatic carbocycles. The Kier molecular flexibility index (Phi) is 5.60. The van der Waals surface area contributed by atoms with Gasteiger partial charge in [0.05, 0.1) is 6.42 Å². The predicted octanol–water partition coefficient (Wildman–Crippen LogP) is 4.40. The maximum absolute atomic E-state index is 12.6. The number of para-hydroxylation sites is 1. The van der Waals surface area contributed by atoms with Crippen LogP contribution in [0.2, 0.25) is 0 Å². The lowest BCUT2D eigenvalue weighted by atomic mass is 10.1. The van der Waals surface area contributed by atoms with Crippen molar-refractivity contribution in [2.75, 3.05) is 18.4 Å². The lowest BCUT2D eigenvalue weighted by Gasteiger charge is -2.18. The summed E-state index contributed by atoms with van der Waals surface area (Å²) < 4.78 is 5.70. The number of fused-ring (bicyclic) bond motifs is 1. The fourth-order valence-corrected chi connectivity index (χ4v) is 3.15. The minimum Gasteiger partial charge on any atom is -0.451 e. The van der Waals surface area contributed by atoms with E-state index in [4.69, 9.17) is 4.42 Å². The number of anilines is 1. The van der Waals surface area contributed by atoms with Gasteiger partial charge in [-0.3, -0.25) is 9.59 Å². The van der Waals surface area contributed by atoms with Gasteiger partial charge in [-0.25, -0.2) is 0 Å². The Labute approximate surface area is 159 Å². The van der Waals surface area contributed by atoms with Crippen LogP contribution in [0, 0.1) is 6.92 Å². The van der Waals surface area contributed by atoms with Gasteiger partial charge in [0.1, 0.15) is 5.58 Å². The molecule has 0 spiro atoms. The molecule has 0 aliphatic heterocycles. The first-order chi connectivity index (χ1) is 13.0. The van der Waals surface area contributed by atoms with Crippen LogP contribution in [0.3, 0.4) is 0 Å². The number of furan rings is 1. The number of hydrogen-bond acceptors (Lipinski definition) is 3. The largest absolute Gasteiger partial charge is 0.451 e. The van der Waals surface area contributed by atoms with Gasteiger partial charge >= 0.3 is 0 Å². The molecule has 3 rings (SSSR count). The van der Waals surface area contributed by atoms with E-state index in [9.17, 15) is 9.59 Å². The van der Waals surface area contributed by atoms with Gasteiger partial charge in [0, 0.05) is 29.7 Å². The van der Waals surface area contributed by atoms with Crippen LogP contribution in [0.15, 0.2) is 52.9 Å². The van der Waals surface area contributed by atoms with Crippen LogP contribution < -0.4 is 5.32 Å². The van der Waals surface area contributed by atoms with Crippen molar-refractivity contribution in [1.82, 2.24) is 4.90 Å². The number of nitrogens with zero attached hydrogens (tertiary/aromatic N) is 1. The van der Waals surface area contributed by atoms with E-state index in [2.05, 4.69) is 5.32 Å². The minimum atomic E-state index is -0.282. The molecule has 140 valence electrons. The van der Waals surface area contributed by atoms with Crippen LogP contribution >= 0.6 is 0 Å². The fraction of sp³-hybridized carbons (Fsp3) is 0.273. The van der Waals surface area contributed by atoms with E-state index in [1.54, 1.807) is 17.0 Å². The number of likely N-dealkylation sites (N-methyl/N-ethyl adjacent to an activating group) is 1. The van der Waals surface area contributed by atoms with Gasteiger partial charge in [0.2, 0.25) is 5.91 Å². The summed E-state index contributed by atoms with van der Waals surface area (Å²) in [5.74, 6) is 0.141. The first-order valence-corrected chi connectivity index (χ1v) is 9.19. The summed E-state index contributed by atoms with van der Waals surface area (Å²) in [5.41, 5.74) is 3.11. The zero-order valence-corrected chi connectivity index (χ0v) is 15.9. The lowest BCUT2D eigenvalue weighted by Crippen LogP contribution is -2.31. The molecule has 0 saturated carbocycles. The van der Waals surface area contributed by atoms with Crippen LogP contribution in [-0.4, -0.2) is 29.8 Å². The maximum atomic E-state index is 12.6. The van der Waals surface area contributed by atoms with Gasteiger partial charge in [-0.15, -0.1) is 0 Å². The maximum Gasteiger partial charge on any atom is 0.291 e. The van der Waals surface area contributed by atoms with Gasteiger partial charge < -0.3 is 14.6 Å². The average molecular weight is 364 g/mol. The summed E-state index contributed by atoms with van der Waals surface area (Å²) in [4.78, 5) is 26.6. The predicted molar refractivity (Wildman–Crippen MR) is 107 cm³/mol. The highest BCUT2D eigenvalue weighted by atomic mass is 16.3. The Hall–Kier alpha value is -3.08. The molecule has 0 bridgehead atoms. The van der Waals surface area contributed by atoms with E-state index in [0.29, 0.717) is 36.5 Å². The lowest BCUT2D eigenvalue weighted by molar-refractivity contribution is -0.130. The number of nitrogens with one attached hydrogen (secondary N) is 1. The number of rotatable bonds is 6. The number of hydrogen-bond donors (Lipinski definition) is 1. The van der Waals surface area contributed by atoms with E-state index >= 15 is 0 Å². The second-order valence-corrected chi connectivity index (χ2v) is 6.45. The van der Waals surface area contributed by atoms with Crippen LogP contribution in [0.5, 0.6) is 0 Å². The molecular weight excluding hydrogens is 340 g/mol. The molecule has 0 aliphatic rings. The third kappa shape index (κ3) is 4.03. The van der Waals surface area contributed by atoms with E-state index in [0.717, 1.165) is 16.5 Å². The van der Waals surface area contributed by atoms with Gasteiger partial charge in [-0.05, 0) is 44.5 Å². The molecule has 1 heterocycles. The van der Waals surface area contributed by atoms with Gasteiger partial charge in [-0.2, -0.15) is 0 Å². The second kappa shape index (κ2) is 8.08. The molecule has 0 atom stereocenters. The Morgan fingerprint density at radius 2 is 1.67 bits per heavy atom. The van der Waals surface area contributed by atoms with Crippen molar-refractivity contribution in [2.24, 2.45) is 0 Å². The zero-order valence-electron chi connectivity index (χ0n) is 15.9. The van der Waals surface area contributed by atoms with Crippen molar-refractivity contribution in [3.05, 3.63) is 65.4 Å². The summed E-state index contributed by atoms with van der Waals surface area (Å²) >= 11 is 0. The molecule has 2 amide bonds. The first kappa shape index (κ1) is 18.7. The molecule has 1 N–H and O–H groups in total. The number of amides is 2. The van der Waals surface area contributed by atoms with Crippen molar-refractivity contribution in [1.29, 1.82) is 0 Å². The molecule has 2 aromatic carbocycles. The highest BCUT2D eigenvalue weighted by Gasteiger charge is 2.17. The molecule has 0 unspecified atom stereocenters. The standard InChI is InChI=1S/C22H24N2O3/c1-4-24(5-2)20(25)14-16-10-12-17(13-11-16)23-22(26)21-15(3)18-8-6-7-9-19(18)27-21/h6-13H,4-5,14H2,1-3H3,(H,23,26). The summed E-state index contributed by atoms with van der Waals surface area (Å²) in [7, 11) is 0. The van der Waals surface area contributed by atoms with E-state index in [1.165, 1.54) is 0 Å². The summed E-state index contributed by atoms with van der Waals surface area (Å²) in [5, 5.41) is 3.80. The summed E-state index contributed by atoms with van der Waals surface area (Å²) in [6, 6.07) is 14.9. The summed E-state index contributed by atoms with van der Waals surface area (Å²) in [6.07, 6.45) is 0.360. The number of carbonyl (C=O) groups excluding carboxylic acids is 2. The molecule has 5 nitrogen and oxygen atoms in total. The Bertz CT molecular complexity index is 953. The molecule has 0 radical (unpaired) electrons. The monoisotopic (exact) mass is 364 g/mol. The van der Waals surface area contributed by atoms with E-state index in [1.807, 2.05) is 57.2 Å². The van der Waals surface area contributed by atoms with Crippen LogP contribution in [0.4, 0.5) is 5.69 Å². The third-order valence-corrected chi connectivity index (χ3v) is 4.73. The normalized spacial score (nSPS) is 10.8. The topological polar surface area (TPSA) is 62.6 Å². The first-order valence-electron chi connectivity index (χ1n) is 9.19. The highest BCUT2D eigenvalue weighted by Crippen LogP contribution is 2.25. The average Bonchev–Trinajstić information content (AvgIpc) is 3.01. The number of carbonyl (C=O) groups is 2. The molecule has 1 aromatic heterocycles. The molecule has 0 saturated heterocycles. The Morgan fingerprint density at radius 3 is 2.30 bits per heavy atom. The minimum absolute atomic E-state index is 0.106. The Morgan fingerprint density at radius 1 is 1.00 bits per heavy atom. The molecule has 5 heteroatoms. The van der Waals surface area contributed by atoms with Gasteiger partial charge in [0.25, 0.3) is 5.91 Å². The fourth-order valence-electron chi connectivity index (χ4n) is 3.15. The smallest absolute Gasteiger partial charge is 0.291 e. The van der Waals surface area contributed by atoms with Gasteiger partial charge in [-0.1, -0.05) is 30.3 Å². The second-order valence-electron chi connectivity index (χ2n) is 6.45. The number of aryl methyl sites for hydroxylation is 1.